The molecule has 0 unspecified atom stereocenters. The SMILES string of the molecule is Bn1nnnc1-c1ccccc1-c1ccc(CNc2c(N=O)cccc2C(=O)OC)cc1. The molecule has 1 heterocycles. The average molecular weight is 426 g/mol. The second-order valence-electron chi connectivity index (χ2n) is 7.00. The Morgan fingerprint density at radius 1 is 1.06 bits per heavy atom. The predicted octanol–water partition coefficient (Wildman–Crippen LogP) is 3.20. The fourth-order valence-electron chi connectivity index (χ4n) is 3.46. The Bertz CT molecular complexity index is 1270. The van der Waals surface area contributed by atoms with Crippen LogP contribution in [0.5, 0.6) is 0 Å². The largest absolute Gasteiger partial charge is 0.465 e. The second-order valence-corrected chi connectivity index (χ2v) is 7.00. The van der Waals surface area contributed by atoms with Crippen molar-refractivity contribution in [3.8, 4) is 22.5 Å². The molecule has 3 aromatic carbocycles. The molecule has 1 N–H and O–H groups in total. The van der Waals surface area contributed by atoms with Crippen molar-refractivity contribution < 1.29 is 9.53 Å². The zero-order valence-electron chi connectivity index (χ0n) is 17.5. The van der Waals surface area contributed by atoms with Crippen molar-refractivity contribution in [2.24, 2.45) is 5.18 Å². The van der Waals surface area contributed by atoms with Gasteiger partial charge in [0.2, 0.25) is 0 Å². The number of methoxy groups -OCH3 is 1. The van der Waals surface area contributed by atoms with E-state index in [4.69, 9.17) is 4.74 Å². The van der Waals surface area contributed by atoms with Gasteiger partial charge in [0, 0.05) is 12.1 Å². The molecule has 0 amide bonds. The summed E-state index contributed by atoms with van der Waals surface area (Å²) in [5.41, 5.74) is 4.66. The lowest BCUT2D eigenvalue weighted by atomic mass is 9.98. The zero-order chi connectivity index (χ0) is 22.5. The molecule has 0 aliphatic rings. The molecule has 0 spiro atoms. The van der Waals surface area contributed by atoms with Gasteiger partial charge in [0.05, 0.1) is 18.4 Å². The van der Waals surface area contributed by atoms with E-state index in [1.165, 1.54) is 7.11 Å². The zero-order valence-corrected chi connectivity index (χ0v) is 17.5. The van der Waals surface area contributed by atoms with Gasteiger partial charge < -0.3 is 10.1 Å². The average Bonchev–Trinajstić information content (AvgIpc) is 3.28. The Balaban J connectivity index is 1.58. The first kappa shape index (κ1) is 20.9. The monoisotopic (exact) mass is 426 g/mol. The summed E-state index contributed by atoms with van der Waals surface area (Å²) in [4.78, 5) is 23.2. The molecule has 4 rings (SSSR count). The lowest BCUT2D eigenvalue weighted by Crippen LogP contribution is -2.08. The minimum absolute atomic E-state index is 0.149. The number of nitroso groups, excluding NO2 is 1. The number of carbonyl (C=O) groups excluding carboxylic acids is 1. The minimum atomic E-state index is -0.539. The van der Waals surface area contributed by atoms with Crippen molar-refractivity contribution in [2.75, 3.05) is 12.4 Å². The lowest BCUT2D eigenvalue weighted by molar-refractivity contribution is 0.0602. The van der Waals surface area contributed by atoms with Gasteiger partial charge in [0.25, 0.3) is 7.98 Å². The smallest absolute Gasteiger partial charge is 0.340 e. The number of rotatable bonds is 7. The van der Waals surface area contributed by atoms with Gasteiger partial charge in [-0.3, -0.25) is 4.59 Å². The van der Waals surface area contributed by atoms with Crippen LogP contribution in [0, 0.1) is 4.91 Å². The van der Waals surface area contributed by atoms with Gasteiger partial charge in [0.1, 0.15) is 5.69 Å². The van der Waals surface area contributed by atoms with Crippen LogP contribution in [0.4, 0.5) is 11.4 Å². The van der Waals surface area contributed by atoms with Crippen LogP contribution in [-0.4, -0.2) is 41.2 Å². The van der Waals surface area contributed by atoms with Gasteiger partial charge in [0.15, 0.2) is 5.82 Å². The molecule has 1 aromatic heterocycles. The Hall–Kier alpha value is -4.34. The number of carbonyl (C=O) groups is 1. The fourth-order valence-corrected chi connectivity index (χ4v) is 3.46. The van der Waals surface area contributed by atoms with Crippen LogP contribution in [0.2, 0.25) is 0 Å². The third kappa shape index (κ3) is 4.11. The van der Waals surface area contributed by atoms with E-state index in [1.807, 2.05) is 48.5 Å². The quantitative estimate of drug-likeness (QED) is 0.274. The third-order valence-corrected chi connectivity index (χ3v) is 5.07. The number of ether oxygens (including phenoxy) is 1. The van der Waals surface area contributed by atoms with E-state index in [2.05, 4.69) is 26.0 Å². The highest BCUT2D eigenvalue weighted by molar-refractivity contribution is 6.07. The van der Waals surface area contributed by atoms with Crippen molar-refractivity contribution >= 4 is 25.3 Å². The van der Waals surface area contributed by atoms with Gasteiger partial charge in [-0.15, -0.1) is 10.0 Å². The molecule has 0 bridgehead atoms. The molecule has 32 heavy (non-hydrogen) atoms. The summed E-state index contributed by atoms with van der Waals surface area (Å²) in [5, 5.41) is 17.9. The molecule has 4 aromatic rings. The summed E-state index contributed by atoms with van der Waals surface area (Å²) < 4.78 is 6.44. The van der Waals surface area contributed by atoms with Gasteiger partial charge >= 0.3 is 5.97 Å². The normalized spacial score (nSPS) is 10.5. The molecule has 158 valence electrons. The first-order valence-corrected chi connectivity index (χ1v) is 9.82. The summed E-state index contributed by atoms with van der Waals surface area (Å²) in [6.45, 7) is 0.395. The first-order valence-electron chi connectivity index (χ1n) is 9.82. The van der Waals surface area contributed by atoms with E-state index in [1.54, 1.807) is 30.8 Å². The Kier molecular flexibility index (Phi) is 6.02. The van der Waals surface area contributed by atoms with Gasteiger partial charge in [-0.2, -0.15) is 0 Å². The molecule has 0 aliphatic carbocycles. The van der Waals surface area contributed by atoms with Crippen LogP contribution in [-0.2, 0) is 11.3 Å². The number of para-hydroxylation sites is 1. The lowest BCUT2D eigenvalue weighted by Gasteiger charge is -2.13. The van der Waals surface area contributed by atoms with Crippen molar-refractivity contribution in [1.29, 1.82) is 0 Å². The first-order chi connectivity index (χ1) is 15.6. The highest BCUT2D eigenvalue weighted by Gasteiger charge is 2.16. The van der Waals surface area contributed by atoms with E-state index in [9.17, 15) is 9.70 Å². The van der Waals surface area contributed by atoms with Crippen molar-refractivity contribution in [1.82, 2.24) is 20.1 Å². The maximum absolute atomic E-state index is 12.0. The number of hydrogen-bond donors (Lipinski definition) is 1. The summed E-state index contributed by atoms with van der Waals surface area (Å²) in [5.74, 6) is 0.142. The van der Waals surface area contributed by atoms with E-state index in [-0.39, 0.29) is 11.3 Å². The topological polar surface area (TPSA) is 111 Å². The summed E-state index contributed by atoms with van der Waals surface area (Å²) >= 11 is 0. The molecule has 0 saturated heterocycles. The van der Waals surface area contributed by atoms with E-state index in [0.29, 0.717) is 18.1 Å². The van der Waals surface area contributed by atoms with Crippen molar-refractivity contribution in [3.63, 3.8) is 0 Å². The number of esters is 1. The Labute approximate surface area is 184 Å². The number of nitrogens with one attached hydrogen (secondary N) is 1. The van der Waals surface area contributed by atoms with Crippen molar-refractivity contribution in [2.45, 2.75) is 6.54 Å². The molecule has 0 saturated carbocycles. The van der Waals surface area contributed by atoms with Crippen LogP contribution < -0.4 is 5.32 Å². The van der Waals surface area contributed by atoms with Gasteiger partial charge in [-0.05, 0) is 39.2 Å². The maximum atomic E-state index is 12.0. The Morgan fingerprint density at radius 3 is 2.47 bits per heavy atom. The summed E-state index contributed by atoms with van der Waals surface area (Å²) in [6.07, 6.45) is 0. The fraction of sp³-hybridized carbons (Fsp3) is 0.0909. The van der Waals surface area contributed by atoms with E-state index in [0.717, 1.165) is 22.3 Å². The molecule has 0 atom stereocenters. The molecular formula is C22H19BN6O3. The standard InChI is InChI=1S/C22H19BN6O3/c1-32-22(30)18-7-4-8-19(26-31)20(18)24-13-14-9-11-15(12-10-14)16-5-2-3-6-17(16)21-25-27-28-29(21)23/h2-12,24H,13,23H2,1H3. The Morgan fingerprint density at radius 2 is 1.81 bits per heavy atom. The third-order valence-electron chi connectivity index (χ3n) is 5.07. The van der Waals surface area contributed by atoms with Gasteiger partial charge in [-0.1, -0.05) is 59.8 Å². The molecule has 0 fully saturated rings. The molecule has 9 nitrogen and oxygen atoms in total. The highest BCUT2D eigenvalue weighted by Crippen LogP contribution is 2.32. The number of tetrazole rings is 1. The van der Waals surface area contributed by atoms with Crippen LogP contribution in [0.3, 0.4) is 0 Å². The predicted molar refractivity (Wildman–Crippen MR) is 123 cm³/mol. The minimum Gasteiger partial charge on any atom is -0.465 e. The highest BCUT2D eigenvalue weighted by atomic mass is 16.5. The number of nitrogens with zero attached hydrogens (tertiary/aromatic N) is 5. The number of anilines is 1. The van der Waals surface area contributed by atoms with E-state index >= 15 is 0 Å². The van der Waals surface area contributed by atoms with Crippen LogP contribution in [0.1, 0.15) is 15.9 Å². The van der Waals surface area contributed by atoms with Crippen molar-refractivity contribution in [3.05, 3.63) is 82.8 Å². The molecule has 0 aliphatic heterocycles. The number of benzene rings is 3. The molecular weight excluding hydrogens is 407 g/mol. The van der Waals surface area contributed by atoms with Crippen LogP contribution in [0.25, 0.3) is 22.5 Å². The number of hydrogen-bond acceptors (Lipinski definition) is 8. The van der Waals surface area contributed by atoms with Crippen LogP contribution in [0.15, 0.2) is 71.9 Å². The molecule has 10 heteroatoms. The van der Waals surface area contributed by atoms with E-state index < -0.39 is 5.97 Å². The second kappa shape index (κ2) is 9.21. The summed E-state index contributed by atoms with van der Waals surface area (Å²) in [7, 11) is 3.09. The summed E-state index contributed by atoms with van der Waals surface area (Å²) in [6, 6.07) is 20.6. The number of aromatic nitrogens is 4. The maximum Gasteiger partial charge on any atom is 0.340 e. The van der Waals surface area contributed by atoms with Gasteiger partial charge in [-0.25, -0.2) is 4.79 Å². The van der Waals surface area contributed by atoms with Crippen LogP contribution >= 0.6 is 0 Å². The molecule has 0 radical (unpaired) electrons.